The van der Waals surface area contributed by atoms with Crippen molar-refractivity contribution < 1.29 is 13.6 Å². The number of halogens is 1. The summed E-state index contributed by atoms with van der Waals surface area (Å²) in [5.41, 5.74) is 4.04. The Hall–Kier alpha value is -1.25. The van der Waals surface area contributed by atoms with Crippen LogP contribution in [0.3, 0.4) is 0 Å². The van der Waals surface area contributed by atoms with Gasteiger partial charge in [-0.25, -0.2) is 4.57 Å². The average Bonchev–Trinajstić information content (AvgIpc) is 2.40. The van der Waals surface area contributed by atoms with Crippen LogP contribution in [0, 0.1) is 27.7 Å². The number of hydrogen-bond donors (Lipinski definition) is 0. The topological polar surface area (TPSA) is 35.5 Å². The summed E-state index contributed by atoms with van der Waals surface area (Å²) in [5.74, 6) is 1.11. The normalized spacial score (nSPS) is 11.3. The molecule has 0 aromatic heterocycles. The van der Waals surface area contributed by atoms with Crippen LogP contribution in [0.15, 0.2) is 36.4 Å². The van der Waals surface area contributed by atoms with Gasteiger partial charge in [-0.3, -0.25) is 0 Å². The van der Waals surface area contributed by atoms with Crippen LogP contribution in [0.25, 0.3) is 0 Å². The van der Waals surface area contributed by atoms with E-state index in [1.54, 1.807) is 12.1 Å². The molecular formula is C16H18BrO3P. The molecule has 2 rings (SSSR count). The fourth-order valence-electron chi connectivity index (χ4n) is 1.90. The molecule has 0 radical (unpaired) electrons. The molecule has 112 valence electrons. The number of benzene rings is 2. The van der Waals surface area contributed by atoms with Crippen molar-refractivity contribution in [1.29, 1.82) is 0 Å². The summed E-state index contributed by atoms with van der Waals surface area (Å²) in [6.45, 7) is 7.81. The van der Waals surface area contributed by atoms with Gasteiger partial charge in [-0.15, -0.1) is 0 Å². The molecule has 0 aliphatic carbocycles. The zero-order valence-electron chi connectivity index (χ0n) is 12.5. The van der Waals surface area contributed by atoms with Crippen LogP contribution in [0.4, 0.5) is 0 Å². The molecule has 2 aromatic rings. The van der Waals surface area contributed by atoms with E-state index in [1.165, 1.54) is 0 Å². The molecular weight excluding hydrogens is 351 g/mol. The van der Waals surface area contributed by atoms with Gasteiger partial charge in [0, 0.05) is 0 Å². The van der Waals surface area contributed by atoms with Gasteiger partial charge in [0.25, 0.3) is 0 Å². The highest BCUT2D eigenvalue weighted by atomic mass is 79.9. The van der Waals surface area contributed by atoms with E-state index in [1.807, 2.05) is 52.0 Å². The zero-order valence-corrected chi connectivity index (χ0v) is 15.0. The molecule has 0 unspecified atom stereocenters. The number of hydrogen-bond acceptors (Lipinski definition) is 3. The van der Waals surface area contributed by atoms with Crippen LogP contribution in [-0.2, 0) is 4.57 Å². The molecule has 3 nitrogen and oxygen atoms in total. The first-order valence-electron chi connectivity index (χ1n) is 6.61. The summed E-state index contributed by atoms with van der Waals surface area (Å²) in [6, 6.07) is 11.2. The molecule has 0 amide bonds. The van der Waals surface area contributed by atoms with Gasteiger partial charge in [-0.2, -0.15) is 0 Å². The molecule has 21 heavy (non-hydrogen) atoms. The van der Waals surface area contributed by atoms with Gasteiger partial charge in [-0.05, 0) is 62.1 Å². The second-order valence-electron chi connectivity index (χ2n) is 5.01. The summed E-state index contributed by atoms with van der Waals surface area (Å²) >= 11 is 3.08. The molecule has 0 aliphatic rings. The molecule has 0 atom stereocenters. The Kier molecular flexibility index (Phi) is 4.80. The van der Waals surface area contributed by atoms with Crippen molar-refractivity contribution in [3.63, 3.8) is 0 Å². The highest BCUT2D eigenvalue weighted by molar-refractivity contribution is 9.39. The number of rotatable bonds is 4. The predicted molar refractivity (Wildman–Crippen MR) is 89.6 cm³/mol. The highest BCUT2D eigenvalue weighted by Gasteiger charge is 2.25. The van der Waals surface area contributed by atoms with Gasteiger partial charge in [-0.1, -0.05) is 24.3 Å². The Morgan fingerprint density at radius 2 is 1.19 bits per heavy atom. The maximum Gasteiger partial charge on any atom is 0.498 e. The first kappa shape index (κ1) is 16.1. The summed E-state index contributed by atoms with van der Waals surface area (Å²) in [4.78, 5) is 0. The predicted octanol–water partition coefficient (Wildman–Crippen LogP) is 5.88. The average molecular weight is 369 g/mol. The Bertz CT molecular complexity index is 655. The molecule has 0 bridgehead atoms. The molecule has 2 aromatic carbocycles. The van der Waals surface area contributed by atoms with Crippen LogP contribution >= 0.6 is 21.8 Å². The molecule has 5 heteroatoms. The summed E-state index contributed by atoms with van der Waals surface area (Å²) in [5, 5.41) is 0. The lowest BCUT2D eigenvalue weighted by molar-refractivity contribution is 0.407. The van der Waals surface area contributed by atoms with Gasteiger partial charge in [0.15, 0.2) is 0 Å². The summed E-state index contributed by atoms with van der Waals surface area (Å²) in [6.07, 6.45) is -3.42. The van der Waals surface area contributed by atoms with E-state index in [0.29, 0.717) is 11.5 Å². The minimum Gasteiger partial charge on any atom is -0.408 e. The third-order valence-corrected chi connectivity index (χ3v) is 5.22. The first-order chi connectivity index (χ1) is 9.80. The van der Waals surface area contributed by atoms with Gasteiger partial charge < -0.3 is 9.05 Å². The monoisotopic (exact) mass is 368 g/mol. The van der Waals surface area contributed by atoms with Crippen molar-refractivity contribution in [3.8, 4) is 11.5 Å². The van der Waals surface area contributed by atoms with Crippen molar-refractivity contribution in [2.45, 2.75) is 27.7 Å². The maximum atomic E-state index is 12.6. The van der Waals surface area contributed by atoms with Crippen molar-refractivity contribution >= 4 is 21.8 Å². The third kappa shape index (κ3) is 3.90. The fourth-order valence-corrected chi connectivity index (χ4v) is 3.74. The van der Waals surface area contributed by atoms with Gasteiger partial charge in [0.2, 0.25) is 0 Å². The second-order valence-corrected chi connectivity index (χ2v) is 8.84. The van der Waals surface area contributed by atoms with Crippen LogP contribution < -0.4 is 9.05 Å². The molecule has 0 saturated carbocycles. The first-order valence-corrected chi connectivity index (χ1v) is 10.2. The van der Waals surface area contributed by atoms with Crippen LogP contribution in [0.2, 0.25) is 0 Å². The van der Waals surface area contributed by atoms with E-state index < -0.39 is 6.30 Å². The highest BCUT2D eigenvalue weighted by Crippen LogP contribution is 2.56. The Morgan fingerprint density at radius 1 is 0.810 bits per heavy atom. The largest absolute Gasteiger partial charge is 0.498 e. The number of aryl methyl sites for hydroxylation is 2. The maximum absolute atomic E-state index is 12.6. The minimum atomic E-state index is -3.42. The van der Waals surface area contributed by atoms with E-state index in [2.05, 4.69) is 15.5 Å². The quantitative estimate of drug-likeness (QED) is 0.632. The van der Waals surface area contributed by atoms with Crippen LogP contribution in [-0.4, -0.2) is 0 Å². The fraction of sp³-hybridized carbons (Fsp3) is 0.250. The van der Waals surface area contributed by atoms with E-state index in [0.717, 1.165) is 22.3 Å². The molecule has 0 fully saturated rings. The zero-order chi connectivity index (χ0) is 15.6. The molecule has 0 heterocycles. The Labute approximate surface area is 133 Å². The van der Waals surface area contributed by atoms with Crippen molar-refractivity contribution in [2.75, 3.05) is 0 Å². The molecule has 0 saturated heterocycles. The second kappa shape index (κ2) is 6.25. The lowest BCUT2D eigenvalue weighted by atomic mass is 10.1. The standard InChI is InChI=1S/C16H18BrO3P/c1-11-7-5-9-15(13(11)3)19-21(17,18)20-16-10-6-8-12(2)14(16)4/h5-10H,1-4H3. The lowest BCUT2D eigenvalue weighted by Crippen LogP contribution is -1.99. The van der Waals surface area contributed by atoms with E-state index in [-0.39, 0.29) is 0 Å². The van der Waals surface area contributed by atoms with Crippen molar-refractivity contribution in [2.24, 2.45) is 0 Å². The molecule has 0 aliphatic heterocycles. The molecule has 0 spiro atoms. The van der Waals surface area contributed by atoms with Crippen molar-refractivity contribution in [1.82, 2.24) is 0 Å². The summed E-state index contributed by atoms with van der Waals surface area (Å²) in [7, 11) is 0. The van der Waals surface area contributed by atoms with Gasteiger partial charge in [0.1, 0.15) is 11.5 Å². The van der Waals surface area contributed by atoms with Gasteiger partial charge >= 0.3 is 6.30 Å². The summed E-state index contributed by atoms with van der Waals surface area (Å²) < 4.78 is 23.7. The van der Waals surface area contributed by atoms with Crippen LogP contribution in [0.1, 0.15) is 22.3 Å². The SMILES string of the molecule is Cc1cccc(OP(=O)(Br)Oc2cccc(C)c2C)c1C. The van der Waals surface area contributed by atoms with Crippen LogP contribution in [0.5, 0.6) is 11.5 Å². The Balaban J connectivity index is 2.25. The van der Waals surface area contributed by atoms with Gasteiger partial charge in [0.05, 0.1) is 15.5 Å². The van der Waals surface area contributed by atoms with E-state index >= 15 is 0 Å². The smallest absolute Gasteiger partial charge is 0.408 e. The van der Waals surface area contributed by atoms with Crippen molar-refractivity contribution in [3.05, 3.63) is 58.7 Å². The molecule has 0 N–H and O–H groups in total. The minimum absolute atomic E-state index is 0.556. The van der Waals surface area contributed by atoms with E-state index in [4.69, 9.17) is 9.05 Å². The Morgan fingerprint density at radius 3 is 1.57 bits per heavy atom. The lowest BCUT2D eigenvalue weighted by Gasteiger charge is -2.18. The third-order valence-electron chi connectivity index (χ3n) is 3.52. The van der Waals surface area contributed by atoms with E-state index in [9.17, 15) is 4.57 Å².